The monoisotopic (exact) mass is 956 g/mol. The van der Waals surface area contributed by atoms with E-state index in [4.69, 9.17) is 46.3 Å². The van der Waals surface area contributed by atoms with Gasteiger partial charge in [0.2, 0.25) is 5.91 Å². The number of aryl methyl sites for hydroxylation is 3. The number of methoxy groups -OCH3 is 2. The second-order valence-electron chi connectivity index (χ2n) is 14.4. The van der Waals surface area contributed by atoms with Crippen LogP contribution in [0.1, 0.15) is 62.1 Å². The summed E-state index contributed by atoms with van der Waals surface area (Å²) in [7, 11) is 0.694. The number of nitrogens with zero attached hydrogens (tertiary/aromatic N) is 3. The summed E-state index contributed by atoms with van der Waals surface area (Å²) in [6.07, 6.45) is -3.16. The maximum atomic E-state index is 13.1. The molecule has 0 aliphatic carbocycles. The molecule has 4 N–H and O–H groups in total. The number of halogens is 4. The number of hydrogen-bond donors (Lipinski definition) is 3. The van der Waals surface area contributed by atoms with Gasteiger partial charge in [-0.3, -0.25) is 28.4 Å². The summed E-state index contributed by atoms with van der Waals surface area (Å²) in [6.45, 7) is 9.20. The largest absolute Gasteiger partial charge is 0.489 e. The van der Waals surface area contributed by atoms with Crippen molar-refractivity contribution < 1.29 is 61.1 Å². The molecule has 4 aromatic rings. The van der Waals surface area contributed by atoms with Gasteiger partial charge in [-0.15, -0.1) is 11.6 Å². The number of carboxylic acids is 1. The van der Waals surface area contributed by atoms with Gasteiger partial charge in [-0.1, -0.05) is 51.1 Å². The molecule has 0 aliphatic heterocycles. The molecule has 0 saturated heterocycles. The first-order chi connectivity index (χ1) is 30.5. The lowest BCUT2D eigenvalue weighted by Crippen LogP contribution is -2.40. The van der Waals surface area contributed by atoms with Crippen LogP contribution in [-0.2, 0) is 67.5 Å². The molecule has 3 aromatic carbocycles. The van der Waals surface area contributed by atoms with Crippen molar-refractivity contribution in [2.45, 2.75) is 78.3 Å². The van der Waals surface area contributed by atoms with E-state index in [1.807, 2.05) is 43.3 Å². The fourth-order valence-electron chi connectivity index (χ4n) is 5.97. The maximum absolute atomic E-state index is 13.1. The highest BCUT2D eigenvalue weighted by Gasteiger charge is 2.35. The number of aliphatic carboxylic acids is 1. The second-order valence-corrected chi connectivity index (χ2v) is 17.2. The van der Waals surface area contributed by atoms with Gasteiger partial charge in [-0.05, 0) is 79.6 Å². The van der Waals surface area contributed by atoms with E-state index >= 15 is 0 Å². The molecule has 0 spiro atoms. The van der Waals surface area contributed by atoms with E-state index in [9.17, 15) is 41.7 Å². The molecule has 0 saturated carbocycles. The molecular formula is C44H57ClF3N4O12P. The summed E-state index contributed by atoms with van der Waals surface area (Å²) in [5.41, 5.74) is 6.53. The lowest BCUT2D eigenvalue weighted by atomic mass is 10.0. The SMILES string of the molecule is CCc1ccc(COc2ccc(-n3c(=O)cc(C(F)(F)F)n(C)c3=O)cc2)c(OC(C)C(=O)OC)c1.CCc1cccc(CC)c1N(COC)C(=O)CCl.CP(=O)(O)CCC(N)C(=O)O. The van der Waals surface area contributed by atoms with Gasteiger partial charge in [-0.2, -0.15) is 13.2 Å². The Labute approximate surface area is 380 Å². The van der Waals surface area contributed by atoms with Crippen molar-refractivity contribution in [3.05, 3.63) is 116 Å². The topological polar surface area (TPSA) is 219 Å². The van der Waals surface area contributed by atoms with E-state index in [-0.39, 0.29) is 43.4 Å². The number of nitrogens with two attached hydrogens (primary N) is 1. The minimum Gasteiger partial charge on any atom is -0.489 e. The Bertz CT molecular complexity index is 2360. The van der Waals surface area contributed by atoms with Crippen LogP contribution in [0.5, 0.6) is 11.5 Å². The Morgan fingerprint density at radius 2 is 1.54 bits per heavy atom. The van der Waals surface area contributed by atoms with Crippen LogP contribution in [0.15, 0.2) is 76.3 Å². The van der Waals surface area contributed by atoms with E-state index in [0.717, 1.165) is 48.7 Å². The molecule has 0 aliphatic rings. The van der Waals surface area contributed by atoms with Gasteiger partial charge in [0, 0.05) is 38.6 Å². The first-order valence-electron chi connectivity index (χ1n) is 20.2. The van der Waals surface area contributed by atoms with Crippen LogP contribution >= 0.6 is 19.0 Å². The molecular weight excluding hydrogens is 900 g/mol. The molecule has 1 aromatic heterocycles. The van der Waals surface area contributed by atoms with Gasteiger partial charge in [0.15, 0.2) is 13.5 Å². The van der Waals surface area contributed by atoms with E-state index in [1.165, 1.54) is 38.0 Å². The van der Waals surface area contributed by atoms with Crippen molar-refractivity contribution >= 4 is 42.5 Å². The number of aromatic nitrogens is 2. The Morgan fingerprint density at radius 1 is 0.938 bits per heavy atom. The number of para-hydroxylation sites is 1. The third-order valence-corrected chi connectivity index (χ3v) is 10.9. The van der Waals surface area contributed by atoms with Crippen LogP contribution in [0.25, 0.3) is 5.69 Å². The van der Waals surface area contributed by atoms with Gasteiger partial charge in [0.25, 0.3) is 5.56 Å². The minimum atomic E-state index is -4.84. The molecule has 1 heterocycles. The average Bonchev–Trinajstić information content (AvgIpc) is 3.27. The third kappa shape index (κ3) is 16.8. The fraction of sp³-hybridized carbons (Fsp3) is 0.432. The Morgan fingerprint density at radius 3 is 2.02 bits per heavy atom. The third-order valence-electron chi connectivity index (χ3n) is 9.56. The summed E-state index contributed by atoms with van der Waals surface area (Å²) < 4.78 is 72.3. The first kappa shape index (κ1) is 55.7. The number of esters is 1. The summed E-state index contributed by atoms with van der Waals surface area (Å²) >= 11 is 5.68. The van der Waals surface area contributed by atoms with Crippen LogP contribution in [0.4, 0.5) is 18.9 Å². The minimum absolute atomic E-state index is 0.0371. The molecule has 0 radical (unpaired) electrons. The fourth-order valence-corrected chi connectivity index (χ4v) is 6.87. The molecule has 3 atom stereocenters. The van der Waals surface area contributed by atoms with E-state index in [2.05, 4.69) is 13.8 Å². The maximum Gasteiger partial charge on any atom is 0.431 e. The van der Waals surface area contributed by atoms with Crippen LogP contribution in [0.3, 0.4) is 0 Å². The number of rotatable bonds is 18. The lowest BCUT2D eigenvalue weighted by Gasteiger charge is -2.26. The highest BCUT2D eigenvalue weighted by Crippen LogP contribution is 2.36. The summed E-state index contributed by atoms with van der Waals surface area (Å²) in [5, 5.41) is 8.28. The number of benzene rings is 3. The van der Waals surface area contributed by atoms with E-state index in [0.29, 0.717) is 32.3 Å². The highest BCUT2D eigenvalue weighted by atomic mass is 35.5. The summed E-state index contributed by atoms with van der Waals surface area (Å²) in [4.78, 5) is 68.9. The van der Waals surface area contributed by atoms with Crippen molar-refractivity contribution in [1.29, 1.82) is 0 Å². The number of carbonyl (C=O) groups is 3. The lowest BCUT2D eigenvalue weighted by molar-refractivity contribution is -0.148. The number of anilines is 1. The number of carboxylic acid groups (broad SMARTS) is 1. The molecule has 16 nitrogen and oxygen atoms in total. The van der Waals surface area contributed by atoms with Gasteiger partial charge >= 0.3 is 23.8 Å². The Kier molecular flexibility index (Phi) is 22.2. The molecule has 65 heavy (non-hydrogen) atoms. The number of amides is 1. The molecule has 358 valence electrons. The number of hydrogen-bond acceptors (Lipinski definition) is 11. The smallest absolute Gasteiger partial charge is 0.431 e. The average molecular weight is 957 g/mol. The standard InChI is InChI=1S/C25H25F3N2O6.C14H20ClNO2.C5H12NO4P/c1-5-16-6-7-17(20(12-16)36-15(2)23(32)34-4)14-35-19-10-8-18(9-11-19)30-22(31)13-21(25(26,27)28)29(3)24(30)33;1-4-11-7-6-8-12(5-2)14(11)16(10-18-3)13(17)9-15;1-11(9,10)3-2-4(6)5(7)8/h6-13,15H,5,14H2,1-4H3;6-8H,4-5,9-10H2,1-3H3;4H,2-3,6H2,1H3,(H,7,8)(H,9,10). The van der Waals surface area contributed by atoms with Gasteiger partial charge in [-0.25, -0.2) is 14.2 Å². The van der Waals surface area contributed by atoms with Crippen molar-refractivity contribution in [2.24, 2.45) is 12.8 Å². The van der Waals surface area contributed by atoms with Crippen molar-refractivity contribution in [3.63, 3.8) is 0 Å². The van der Waals surface area contributed by atoms with Crippen LogP contribution in [0, 0.1) is 0 Å². The predicted molar refractivity (Wildman–Crippen MR) is 241 cm³/mol. The highest BCUT2D eigenvalue weighted by molar-refractivity contribution is 7.57. The summed E-state index contributed by atoms with van der Waals surface area (Å²) in [6, 6.07) is 16.7. The zero-order valence-corrected chi connectivity index (χ0v) is 39.2. The van der Waals surface area contributed by atoms with Gasteiger partial charge in [0.1, 0.15) is 42.5 Å². The van der Waals surface area contributed by atoms with E-state index in [1.54, 1.807) is 18.9 Å². The number of carbonyl (C=O) groups excluding carboxylic acids is 2. The van der Waals surface area contributed by atoms with Gasteiger partial charge < -0.3 is 34.7 Å². The zero-order chi connectivity index (χ0) is 49.2. The van der Waals surface area contributed by atoms with Crippen molar-refractivity contribution in [2.75, 3.05) is 44.6 Å². The van der Waals surface area contributed by atoms with E-state index < -0.39 is 54.6 Å². The zero-order valence-electron chi connectivity index (χ0n) is 37.5. The van der Waals surface area contributed by atoms with Crippen LogP contribution < -0.4 is 31.4 Å². The van der Waals surface area contributed by atoms with Crippen LogP contribution in [0.2, 0.25) is 0 Å². The molecule has 3 unspecified atom stereocenters. The number of alkyl halides is 4. The number of ether oxygens (including phenoxy) is 4. The normalized spacial score (nSPS) is 12.8. The molecule has 21 heteroatoms. The molecule has 4 rings (SSSR count). The quantitative estimate of drug-likeness (QED) is 0.0432. The first-order valence-corrected chi connectivity index (χ1v) is 23.0. The van der Waals surface area contributed by atoms with Crippen molar-refractivity contribution in [1.82, 2.24) is 9.13 Å². The van der Waals surface area contributed by atoms with Crippen molar-refractivity contribution in [3.8, 4) is 17.2 Å². The van der Waals surface area contributed by atoms with Crippen LogP contribution in [-0.4, -0.2) is 88.8 Å². The molecule has 1 amide bonds. The molecule has 0 bridgehead atoms. The van der Waals surface area contributed by atoms with Gasteiger partial charge in [0.05, 0.1) is 18.5 Å². The second kappa shape index (κ2) is 25.9. The Balaban J connectivity index is 0.000000413. The Hall–Kier alpha value is -5.46. The predicted octanol–water partition coefficient (Wildman–Crippen LogP) is 6.31. The molecule has 0 fully saturated rings. The summed E-state index contributed by atoms with van der Waals surface area (Å²) in [5.74, 6) is -0.993.